The van der Waals surface area contributed by atoms with Gasteiger partial charge >= 0.3 is 0 Å². The van der Waals surface area contributed by atoms with Gasteiger partial charge in [0.15, 0.2) is 0 Å². The van der Waals surface area contributed by atoms with Crippen LogP contribution < -0.4 is 0 Å². The molecule has 0 amide bonds. The summed E-state index contributed by atoms with van der Waals surface area (Å²) < 4.78 is 0. The highest BCUT2D eigenvalue weighted by Crippen LogP contribution is 2.30. The molecule has 2 N–H and O–H groups in total. The summed E-state index contributed by atoms with van der Waals surface area (Å²) >= 11 is 0. The van der Waals surface area contributed by atoms with Crippen LogP contribution in [0.25, 0.3) is 23.0 Å². The second-order valence-electron chi connectivity index (χ2n) is 5.23. The van der Waals surface area contributed by atoms with Crippen LogP contribution >= 0.6 is 0 Å². The highest BCUT2D eigenvalue weighted by atomic mass is 15.4. The Bertz CT molecular complexity index is 940. The van der Waals surface area contributed by atoms with Gasteiger partial charge in [0.25, 0.3) is 0 Å². The van der Waals surface area contributed by atoms with Crippen LogP contribution in [0.15, 0.2) is 66.9 Å². The monoisotopic (exact) mass is 314 g/mol. The molecule has 2 aromatic carbocycles. The van der Waals surface area contributed by atoms with E-state index in [1.54, 1.807) is 6.20 Å². The highest BCUT2D eigenvalue weighted by Gasteiger charge is 2.17. The molecule has 4 rings (SSSR count). The highest BCUT2D eigenvalue weighted by molar-refractivity contribution is 5.93. The number of H-pyrrole nitrogens is 2. The summed E-state index contributed by atoms with van der Waals surface area (Å²) in [6.45, 7) is 0. The van der Waals surface area contributed by atoms with Gasteiger partial charge in [0, 0.05) is 5.57 Å². The fourth-order valence-electron chi connectivity index (χ4n) is 2.54. The van der Waals surface area contributed by atoms with Gasteiger partial charge in [0.05, 0.1) is 6.20 Å². The first-order chi connectivity index (χ1) is 11.9. The Morgan fingerprint density at radius 3 is 2.29 bits per heavy atom. The van der Waals surface area contributed by atoms with Gasteiger partial charge in [-0.3, -0.25) is 10.2 Å². The molecule has 0 fully saturated rings. The van der Waals surface area contributed by atoms with Crippen LogP contribution in [0.5, 0.6) is 0 Å². The molecule has 0 aliphatic rings. The molecule has 4 aromatic rings. The molecule has 24 heavy (non-hydrogen) atoms. The van der Waals surface area contributed by atoms with E-state index in [1.165, 1.54) is 0 Å². The zero-order chi connectivity index (χ0) is 16.2. The Hall–Kier alpha value is -3.54. The van der Waals surface area contributed by atoms with E-state index in [2.05, 4.69) is 61.2 Å². The van der Waals surface area contributed by atoms with Gasteiger partial charge in [-0.2, -0.15) is 0 Å². The van der Waals surface area contributed by atoms with Crippen molar-refractivity contribution in [3.05, 3.63) is 83.7 Å². The van der Waals surface area contributed by atoms with Crippen molar-refractivity contribution < 1.29 is 0 Å². The second-order valence-corrected chi connectivity index (χ2v) is 5.23. The first-order valence-corrected chi connectivity index (χ1v) is 7.52. The van der Waals surface area contributed by atoms with Crippen LogP contribution in [0.3, 0.4) is 0 Å². The molecule has 0 atom stereocenters. The zero-order valence-corrected chi connectivity index (χ0v) is 12.7. The maximum Gasteiger partial charge on any atom is 0.132 e. The number of hydrogen-bond donors (Lipinski definition) is 2. The lowest BCUT2D eigenvalue weighted by molar-refractivity contribution is 0.928. The summed E-state index contributed by atoms with van der Waals surface area (Å²) in [4.78, 5) is 0. The molecule has 116 valence electrons. The number of aromatic amines is 2. The minimum Gasteiger partial charge on any atom is -0.265 e. The topological polar surface area (TPSA) is 83.1 Å². The Kier molecular flexibility index (Phi) is 3.69. The van der Waals surface area contributed by atoms with E-state index in [9.17, 15) is 0 Å². The van der Waals surface area contributed by atoms with Gasteiger partial charge in [-0.05, 0) is 17.2 Å². The summed E-state index contributed by atoms with van der Waals surface area (Å²) in [6.07, 6.45) is 3.81. The van der Waals surface area contributed by atoms with Crippen molar-refractivity contribution in [3.63, 3.8) is 0 Å². The lowest BCUT2D eigenvalue weighted by Crippen LogP contribution is -1.92. The molecule has 6 heteroatoms. The van der Waals surface area contributed by atoms with Gasteiger partial charge in [-0.1, -0.05) is 71.1 Å². The molecular weight excluding hydrogens is 300 g/mol. The Morgan fingerprint density at radius 1 is 0.833 bits per heavy atom. The molecule has 0 saturated carbocycles. The van der Waals surface area contributed by atoms with Crippen LogP contribution in [-0.2, 0) is 0 Å². The van der Waals surface area contributed by atoms with E-state index in [-0.39, 0.29) is 0 Å². The van der Waals surface area contributed by atoms with Gasteiger partial charge in [-0.25, -0.2) is 0 Å². The van der Waals surface area contributed by atoms with Gasteiger partial charge in [0.1, 0.15) is 17.1 Å². The van der Waals surface area contributed by atoms with Crippen molar-refractivity contribution in [1.29, 1.82) is 0 Å². The van der Waals surface area contributed by atoms with Crippen molar-refractivity contribution >= 4 is 11.6 Å². The first kappa shape index (κ1) is 14.1. The second kappa shape index (κ2) is 6.29. The van der Waals surface area contributed by atoms with Crippen molar-refractivity contribution in [1.82, 2.24) is 30.8 Å². The zero-order valence-electron chi connectivity index (χ0n) is 12.7. The molecule has 0 unspecified atom stereocenters. The van der Waals surface area contributed by atoms with Crippen LogP contribution in [0.1, 0.15) is 16.8 Å². The number of benzene rings is 2. The average molecular weight is 314 g/mol. The number of nitrogens with zero attached hydrogens (tertiary/aromatic N) is 4. The van der Waals surface area contributed by atoms with Crippen LogP contribution in [0.4, 0.5) is 0 Å². The number of hydrogen-bond acceptors (Lipinski definition) is 4. The Morgan fingerprint density at radius 2 is 1.58 bits per heavy atom. The number of rotatable bonds is 4. The smallest absolute Gasteiger partial charge is 0.132 e. The largest absolute Gasteiger partial charge is 0.265 e. The van der Waals surface area contributed by atoms with Crippen LogP contribution in [0, 0.1) is 0 Å². The molecule has 0 radical (unpaired) electrons. The van der Waals surface area contributed by atoms with Crippen molar-refractivity contribution in [2.45, 2.75) is 0 Å². The first-order valence-electron chi connectivity index (χ1n) is 7.52. The third-order valence-electron chi connectivity index (χ3n) is 3.67. The fraction of sp³-hybridized carbons (Fsp3) is 0. The summed E-state index contributed by atoms with van der Waals surface area (Å²) in [5.74, 6) is 0. The molecular formula is C18H14N6. The lowest BCUT2D eigenvalue weighted by atomic mass is 9.98. The molecule has 2 heterocycles. The summed E-state index contributed by atoms with van der Waals surface area (Å²) in [5, 5.41) is 21.7. The maximum absolute atomic E-state index is 4.29. The third kappa shape index (κ3) is 2.72. The summed E-state index contributed by atoms with van der Waals surface area (Å²) in [5.41, 5.74) is 5.25. The molecule has 0 aliphatic heterocycles. The third-order valence-corrected chi connectivity index (χ3v) is 3.67. The predicted octanol–water partition coefficient (Wildman–Crippen LogP) is 3.18. The fourth-order valence-corrected chi connectivity index (χ4v) is 2.54. The molecule has 0 aliphatic carbocycles. The summed E-state index contributed by atoms with van der Waals surface area (Å²) in [6, 6.07) is 20.2. The normalized spacial score (nSPS) is 11.6. The quantitative estimate of drug-likeness (QED) is 0.567. The Balaban J connectivity index is 1.89. The van der Waals surface area contributed by atoms with E-state index in [0.717, 1.165) is 28.1 Å². The molecule has 0 bridgehead atoms. The molecule has 2 aromatic heterocycles. The van der Waals surface area contributed by atoms with Crippen molar-refractivity contribution in [2.24, 2.45) is 0 Å². The van der Waals surface area contributed by atoms with Gasteiger partial charge < -0.3 is 0 Å². The average Bonchev–Trinajstić information content (AvgIpc) is 3.32. The van der Waals surface area contributed by atoms with Crippen molar-refractivity contribution in [3.8, 4) is 11.4 Å². The van der Waals surface area contributed by atoms with E-state index >= 15 is 0 Å². The van der Waals surface area contributed by atoms with Gasteiger partial charge in [0.2, 0.25) is 0 Å². The standard InChI is InChI=1S/C18H14N6/c1-3-7-13(8-4-1)11-15(14-9-5-2-6-10-14)17-18(22-24-21-17)16-12-19-23-20-16/h1-12H,(H,19,20,23)(H,21,22,24). The Labute approximate surface area is 138 Å². The van der Waals surface area contributed by atoms with Crippen LogP contribution in [0.2, 0.25) is 0 Å². The van der Waals surface area contributed by atoms with E-state index < -0.39 is 0 Å². The predicted molar refractivity (Wildman–Crippen MR) is 91.6 cm³/mol. The number of nitrogens with one attached hydrogen (secondary N) is 2. The molecule has 0 saturated heterocycles. The van der Waals surface area contributed by atoms with E-state index in [4.69, 9.17) is 0 Å². The van der Waals surface area contributed by atoms with Crippen LogP contribution in [-0.4, -0.2) is 30.8 Å². The van der Waals surface area contributed by atoms with Crippen molar-refractivity contribution in [2.75, 3.05) is 0 Å². The maximum atomic E-state index is 4.29. The van der Waals surface area contributed by atoms with Gasteiger partial charge in [-0.15, -0.1) is 10.2 Å². The number of aromatic nitrogens is 6. The SMILES string of the molecule is C(=C(c1ccccc1)c1nn[nH]c1-c1c[nH]nn1)c1ccccc1. The summed E-state index contributed by atoms with van der Waals surface area (Å²) in [7, 11) is 0. The van der Waals surface area contributed by atoms with E-state index in [0.29, 0.717) is 5.69 Å². The lowest BCUT2D eigenvalue weighted by Gasteiger charge is -2.07. The minimum atomic E-state index is 0.671. The molecule has 6 nitrogen and oxygen atoms in total. The minimum absolute atomic E-state index is 0.671. The molecule has 0 spiro atoms. The van der Waals surface area contributed by atoms with E-state index in [1.807, 2.05) is 36.4 Å².